The van der Waals surface area contributed by atoms with Crippen molar-refractivity contribution >= 4 is 0 Å². The molecule has 12 heavy (non-hydrogen) atoms. The molecule has 2 atom stereocenters. The third-order valence-electron chi connectivity index (χ3n) is 2.92. The van der Waals surface area contributed by atoms with Crippen LogP contribution < -0.4 is 5.73 Å². The van der Waals surface area contributed by atoms with Gasteiger partial charge in [0.15, 0.2) is 0 Å². The lowest BCUT2D eigenvalue weighted by Gasteiger charge is -2.27. The number of hydrogen-bond donors (Lipinski definition) is 1. The maximum atomic E-state index is 5.69. The first-order valence-corrected chi connectivity index (χ1v) is 4.67. The van der Waals surface area contributed by atoms with Crippen LogP contribution in [0, 0.1) is 11.8 Å². The van der Waals surface area contributed by atoms with Gasteiger partial charge in [-0.2, -0.15) is 0 Å². The standard InChI is InChI=1S/C11H19N/c1-8(2)10-5-4-9(3)11(6-10)7-12/h4,10-11H,1,5-7,12H2,2-3H3/t10-,11-/m0/s1. The van der Waals surface area contributed by atoms with Crippen molar-refractivity contribution in [2.45, 2.75) is 26.7 Å². The molecule has 0 aromatic carbocycles. The number of allylic oxidation sites excluding steroid dienone is 2. The highest BCUT2D eigenvalue weighted by atomic mass is 14.6. The summed E-state index contributed by atoms with van der Waals surface area (Å²) in [6, 6.07) is 0. The first-order valence-electron chi connectivity index (χ1n) is 4.67. The van der Waals surface area contributed by atoms with Crippen molar-refractivity contribution < 1.29 is 0 Å². The summed E-state index contributed by atoms with van der Waals surface area (Å²) in [5.41, 5.74) is 8.46. The van der Waals surface area contributed by atoms with E-state index in [0.29, 0.717) is 11.8 Å². The molecule has 0 aromatic heterocycles. The fraction of sp³-hybridized carbons (Fsp3) is 0.636. The summed E-state index contributed by atoms with van der Waals surface area (Å²) in [6.45, 7) is 9.09. The van der Waals surface area contributed by atoms with Crippen LogP contribution in [-0.2, 0) is 0 Å². The highest BCUT2D eigenvalue weighted by Crippen LogP contribution is 2.31. The molecular weight excluding hydrogens is 146 g/mol. The van der Waals surface area contributed by atoms with Crippen molar-refractivity contribution in [3.8, 4) is 0 Å². The second-order valence-electron chi connectivity index (χ2n) is 3.90. The minimum absolute atomic E-state index is 0.598. The molecule has 0 spiro atoms. The summed E-state index contributed by atoms with van der Waals surface area (Å²) >= 11 is 0. The summed E-state index contributed by atoms with van der Waals surface area (Å²) in [5.74, 6) is 1.27. The largest absolute Gasteiger partial charge is 0.330 e. The van der Waals surface area contributed by atoms with Gasteiger partial charge in [-0.05, 0) is 45.1 Å². The van der Waals surface area contributed by atoms with E-state index >= 15 is 0 Å². The van der Waals surface area contributed by atoms with Gasteiger partial charge in [0.1, 0.15) is 0 Å². The van der Waals surface area contributed by atoms with E-state index in [4.69, 9.17) is 5.73 Å². The van der Waals surface area contributed by atoms with Gasteiger partial charge in [-0.1, -0.05) is 23.8 Å². The summed E-state index contributed by atoms with van der Waals surface area (Å²) < 4.78 is 0. The summed E-state index contributed by atoms with van der Waals surface area (Å²) in [7, 11) is 0. The zero-order valence-corrected chi connectivity index (χ0v) is 8.14. The molecule has 0 radical (unpaired) electrons. The number of hydrogen-bond acceptors (Lipinski definition) is 1. The lowest BCUT2D eigenvalue weighted by Crippen LogP contribution is -2.22. The maximum Gasteiger partial charge on any atom is -0.00114 e. The molecule has 2 N–H and O–H groups in total. The van der Waals surface area contributed by atoms with Crippen molar-refractivity contribution in [1.82, 2.24) is 0 Å². The molecule has 0 fully saturated rings. The molecule has 1 aliphatic carbocycles. The first-order chi connectivity index (χ1) is 5.65. The Morgan fingerprint density at radius 1 is 1.75 bits per heavy atom. The van der Waals surface area contributed by atoms with E-state index in [9.17, 15) is 0 Å². The highest BCUT2D eigenvalue weighted by molar-refractivity contribution is 5.13. The van der Waals surface area contributed by atoms with E-state index in [1.165, 1.54) is 17.6 Å². The molecule has 1 aliphatic rings. The Hall–Kier alpha value is -0.560. The average Bonchev–Trinajstić information content (AvgIpc) is 2.05. The summed E-state index contributed by atoms with van der Waals surface area (Å²) in [6.07, 6.45) is 4.69. The molecule has 1 nitrogen and oxygen atoms in total. The highest BCUT2D eigenvalue weighted by Gasteiger charge is 2.20. The molecule has 1 rings (SSSR count). The fourth-order valence-corrected chi connectivity index (χ4v) is 1.80. The maximum absolute atomic E-state index is 5.69. The predicted octanol–water partition coefficient (Wildman–Crippen LogP) is 2.49. The van der Waals surface area contributed by atoms with E-state index in [2.05, 4.69) is 26.5 Å². The van der Waals surface area contributed by atoms with Crippen LogP contribution in [0.4, 0.5) is 0 Å². The van der Waals surface area contributed by atoms with Gasteiger partial charge in [-0.25, -0.2) is 0 Å². The van der Waals surface area contributed by atoms with Crippen LogP contribution in [0.25, 0.3) is 0 Å². The van der Waals surface area contributed by atoms with Crippen LogP contribution in [0.1, 0.15) is 26.7 Å². The minimum atomic E-state index is 0.598. The van der Waals surface area contributed by atoms with Crippen LogP contribution >= 0.6 is 0 Å². The molecule has 1 heteroatoms. The van der Waals surface area contributed by atoms with Crippen LogP contribution in [0.2, 0.25) is 0 Å². The van der Waals surface area contributed by atoms with Crippen LogP contribution in [-0.4, -0.2) is 6.54 Å². The molecule has 0 unspecified atom stereocenters. The first kappa shape index (κ1) is 9.53. The molecule has 0 saturated carbocycles. The summed E-state index contributed by atoms with van der Waals surface area (Å²) in [4.78, 5) is 0. The van der Waals surface area contributed by atoms with Crippen molar-refractivity contribution in [1.29, 1.82) is 0 Å². The molecule has 0 bridgehead atoms. The van der Waals surface area contributed by atoms with E-state index in [1.54, 1.807) is 0 Å². The van der Waals surface area contributed by atoms with Crippen LogP contribution in [0.3, 0.4) is 0 Å². The van der Waals surface area contributed by atoms with E-state index in [0.717, 1.165) is 13.0 Å². The Kier molecular flexibility index (Phi) is 3.10. The topological polar surface area (TPSA) is 26.0 Å². The van der Waals surface area contributed by atoms with Gasteiger partial charge in [-0.3, -0.25) is 0 Å². The van der Waals surface area contributed by atoms with Gasteiger partial charge in [0.2, 0.25) is 0 Å². The molecule has 0 saturated heterocycles. The lowest BCUT2D eigenvalue weighted by molar-refractivity contribution is 0.431. The van der Waals surface area contributed by atoms with Crippen molar-refractivity contribution in [3.63, 3.8) is 0 Å². The second kappa shape index (κ2) is 3.90. The molecule has 0 amide bonds. The Labute approximate surface area is 75.3 Å². The van der Waals surface area contributed by atoms with Gasteiger partial charge < -0.3 is 5.73 Å². The number of nitrogens with two attached hydrogens (primary N) is 1. The smallest absolute Gasteiger partial charge is 0.00114 e. The SMILES string of the molecule is C=C(C)[C@H]1CC=C(C)[C@H](CN)C1. The van der Waals surface area contributed by atoms with Gasteiger partial charge in [0.05, 0.1) is 0 Å². The van der Waals surface area contributed by atoms with Gasteiger partial charge in [0.25, 0.3) is 0 Å². The van der Waals surface area contributed by atoms with Gasteiger partial charge in [-0.15, -0.1) is 0 Å². The molecular formula is C11H19N. The molecule has 0 aliphatic heterocycles. The normalized spacial score (nSPS) is 29.8. The van der Waals surface area contributed by atoms with Gasteiger partial charge in [0, 0.05) is 0 Å². The Morgan fingerprint density at radius 3 is 2.92 bits per heavy atom. The van der Waals surface area contributed by atoms with Crippen molar-refractivity contribution in [3.05, 3.63) is 23.8 Å². The predicted molar refractivity (Wildman–Crippen MR) is 53.8 cm³/mol. The minimum Gasteiger partial charge on any atom is -0.330 e. The Balaban J connectivity index is 2.64. The zero-order valence-electron chi connectivity index (χ0n) is 8.14. The van der Waals surface area contributed by atoms with E-state index in [1.807, 2.05) is 0 Å². The van der Waals surface area contributed by atoms with Crippen LogP contribution in [0.5, 0.6) is 0 Å². The van der Waals surface area contributed by atoms with Gasteiger partial charge >= 0.3 is 0 Å². The van der Waals surface area contributed by atoms with E-state index in [-0.39, 0.29) is 0 Å². The van der Waals surface area contributed by atoms with E-state index < -0.39 is 0 Å². The summed E-state index contributed by atoms with van der Waals surface area (Å²) in [5, 5.41) is 0. The number of rotatable bonds is 2. The average molecular weight is 165 g/mol. The van der Waals surface area contributed by atoms with Crippen molar-refractivity contribution in [2.75, 3.05) is 6.54 Å². The molecule has 68 valence electrons. The molecule has 0 aromatic rings. The third kappa shape index (κ3) is 1.98. The third-order valence-corrected chi connectivity index (χ3v) is 2.92. The quantitative estimate of drug-likeness (QED) is 0.625. The van der Waals surface area contributed by atoms with Crippen molar-refractivity contribution in [2.24, 2.45) is 17.6 Å². The molecule has 0 heterocycles. The van der Waals surface area contributed by atoms with Crippen LogP contribution in [0.15, 0.2) is 23.8 Å². The second-order valence-corrected chi connectivity index (χ2v) is 3.90. The Bertz CT molecular complexity index is 203. The monoisotopic (exact) mass is 165 g/mol. The zero-order chi connectivity index (χ0) is 9.14. The Morgan fingerprint density at radius 2 is 2.42 bits per heavy atom. The fourth-order valence-electron chi connectivity index (χ4n) is 1.80. The lowest BCUT2D eigenvalue weighted by atomic mass is 9.79.